The lowest BCUT2D eigenvalue weighted by Crippen LogP contribution is -2.56. The molecule has 0 spiro atoms. The van der Waals surface area contributed by atoms with Crippen molar-refractivity contribution in [3.63, 3.8) is 0 Å². The summed E-state index contributed by atoms with van der Waals surface area (Å²) >= 11 is 0. The molecule has 0 bridgehead atoms. The predicted octanol–water partition coefficient (Wildman–Crippen LogP) is 1.02. The molecular weight excluding hydrogens is 253 g/mol. The summed E-state index contributed by atoms with van der Waals surface area (Å²) in [5, 5.41) is 0. The first-order chi connectivity index (χ1) is 9.05. The highest BCUT2D eigenvalue weighted by Crippen LogP contribution is 2.43. The van der Waals surface area contributed by atoms with E-state index < -0.39 is 23.2 Å². The van der Waals surface area contributed by atoms with Gasteiger partial charge in [-0.1, -0.05) is 0 Å². The van der Waals surface area contributed by atoms with Crippen LogP contribution in [0.2, 0.25) is 0 Å². The molecule has 0 radical (unpaired) electrons. The molecule has 1 saturated heterocycles. The number of rotatable bonds is 4. The third kappa shape index (κ3) is 2.17. The third-order valence-electron chi connectivity index (χ3n) is 3.43. The lowest BCUT2D eigenvalue weighted by molar-refractivity contribution is -0.188. The molecule has 1 unspecified atom stereocenters. The fourth-order valence-electron chi connectivity index (χ4n) is 2.20. The molecule has 1 fully saturated rings. The Hall–Kier alpha value is -1.66. The highest BCUT2D eigenvalue weighted by Gasteiger charge is 2.53. The summed E-state index contributed by atoms with van der Waals surface area (Å²) in [4.78, 5) is 11.9. The lowest BCUT2D eigenvalue weighted by atomic mass is 9.75. The molecule has 1 aliphatic rings. The van der Waals surface area contributed by atoms with Crippen LogP contribution < -0.4 is 10.5 Å². The van der Waals surface area contributed by atoms with Crippen molar-refractivity contribution in [1.82, 2.24) is 0 Å². The Balaban J connectivity index is 2.40. The van der Waals surface area contributed by atoms with Gasteiger partial charge >= 0.3 is 5.97 Å². The first-order valence-corrected chi connectivity index (χ1v) is 5.80. The fourth-order valence-corrected chi connectivity index (χ4v) is 2.20. The minimum absolute atomic E-state index is 0.153. The van der Waals surface area contributed by atoms with Crippen molar-refractivity contribution >= 4 is 5.97 Å². The van der Waals surface area contributed by atoms with Crippen molar-refractivity contribution in [2.24, 2.45) is 11.1 Å². The summed E-state index contributed by atoms with van der Waals surface area (Å²) in [6.45, 7) is 0.307. The topological polar surface area (TPSA) is 70.8 Å². The third-order valence-corrected chi connectivity index (χ3v) is 3.43. The molecule has 5 nitrogen and oxygen atoms in total. The van der Waals surface area contributed by atoms with Crippen LogP contribution in [-0.4, -0.2) is 33.4 Å². The molecule has 2 rings (SSSR count). The Morgan fingerprint density at radius 1 is 1.47 bits per heavy atom. The largest absolute Gasteiger partial charge is 0.496 e. The second-order valence-corrected chi connectivity index (χ2v) is 4.50. The number of carbonyl (C=O) groups is 1. The number of carbonyl (C=O) groups excluding carboxylic acids is 1. The van der Waals surface area contributed by atoms with Crippen LogP contribution in [0.3, 0.4) is 0 Å². The number of nitrogens with two attached hydrogens (primary N) is 1. The summed E-state index contributed by atoms with van der Waals surface area (Å²) in [5.74, 6) is -0.465. The van der Waals surface area contributed by atoms with Crippen molar-refractivity contribution in [2.75, 3.05) is 27.4 Å². The molecule has 0 aliphatic carbocycles. The van der Waals surface area contributed by atoms with E-state index >= 15 is 0 Å². The van der Waals surface area contributed by atoms with Gasteiger partial charge in [0, 0.05) is 5.56 Å². The number of methoxy groups -OCH3 is 2. The van der Waals surface area contributed by atoms with Gasteiger partial charge in [0.05, 0.1) is 33.5 Å². The van der Waals surface area contributed by atoms with E-state index in [9.17, 15) is 9.18 Å². The Kier molecular flexibility index (Phi) is 3.73. The lowest BCUT2D eigenvalue weighted by Gasteiger charge is -2.43. The fraction of sp³-hybridized carbons (Fsp3) is 0.462. The molecule has 6 heteroatoms. The van der Waals surface area contributed by atoms with Crippen LogP contribution in [0.25, 0.3) is 0 Å². The number of hydrogen-bond donors (Lipinski definition) is 1. The molecular formula is C13H16FNO4. The van der Waals surface area contributed by atoms with E-state index in [0.29, 0.717) is 11.3 Å². The molecule has 1 atom stereocenters. The van der Waals surface area contributed by atoms with Crippen LogP contribution in [0.1, 0.15) is 11.6 Å². The van der Waals surface area contributed by atoms with Crippen molar-refractivity contribution in [3.05, 3.63) is 29.6 Å². The van der Waals surface area contributed by atoms with Crippen molar-refractivity contribution in [2.45, 2.75) is 6.04 Å². The van der Waals surface area contributed by atoms with Gasteiger partial charge < -0.3 is 19.9 Å². The van der Waals surface area contributed by atoms with Crippen LogP contribution in [-0.2, 0) is 14.3 Å². The van der Waals surface area contributed by atoms with Gasteiger partial charge in [-0.05, 0) is 18.2 Å². The number of benzene rings is 1. The molecule has 1 aromatic carbocycles. The highest BCUT2D eigenvalue weighted by molar-refractivity contribution is 5.79. The van der Waals surface area contributed by atoms with Crippen LogP contribution >= 0.6 is 0 Å². The van der Waals surface area contributed by atoms with Gasteiger partial charge in [0.15, 0.2) is 0 Å². The molecule has 104 valence electrons. The first kappa shape index (κ1) is 13.8. The van der Waals surface area contributed by atoms with Gasteiger partial charge in [-0.25, -0.2) is 4.39 Å². The van der Waals surface area contributed by atoms with E-state index in [2.05, 4.69) is 0 Å². The van der Waals surface area contributed by atoms with E-state index in [1.54, 1.807) is 0 Å². The normalized spacial score (nSPS) is 18.3. The summed E-state index contributed by atoms with van der Waals surface area (Å²) < 4.78 is 28.4. The van der Waals surface area contributed by atoms with E-state index in [4.69, 9.17) is 19.9 Å². The van der Waals surface area contributed by atoms with Crippen LogP contribution in [0.4, 0.5) is 4.39 Å². The molecule has 0 amide bonds. The zero-order valence-corrected chi connectivity index (χ0v) is 10.8. The molecule has 1 aromatic rings. The SMILES string of the molecule is COC(=O)C1(C(N)c2cc(F)ccc2OC)COC1. The van der Waals surface area contributed by atoms with E-state index in [-0.39, 0.29) is 13.2 Å². The number of hydrogen-bond acceptors (Lipinski definition) is 5. The van der Waals surface area contributed by atoms with Gasteiger partial charge in [-0.15, -0.1) is 0 Å². The second-order valence-electron chi connectivity index (χ2n) is 4.50. The summed E-state index contributed by atoms with van der Waals surface area (Å²) in [6, 6.07) is 3.28. The maximum absolute atomic E-state index is 13.4. The van der Waals surface area contributed by atoms with Gasteiger partial charge in [0.1, 0.15) is 17.0 Å². The van der Waals surface area contributed by atoms with Crippen LogP contribution in [0.15, 0.2) is 18.2 Å². The Morgan fingerprint density at radius 3 is 2.63 bits per heavy atom. The molecule has 1 heterocycles. The van der Waals surface area contributed by atoms with Gasteiger partial charge in [0.2, 0.25) is 0 Å². The summed E-state index contributed by atoms with van der Waals surface area (Å²) in [7, 11) is 2.75. The predicted molar refractivity (Wildman–Crippen MR) is 65.1 cm³/mol. The number of ether oxygens (including phenoxy) is 3. The van der Waals surface area contributed by atoms with E-state index in [0.717, 1.165) is 0 Å². The molecule has 0 saturated carbocycles. The molecule has 19 heavy (non-hydrogen) atoms. The summed E-state index contributed by atoms with van der Waals surface area (Å²) in [5.41, 5.74) is 5.58. The Labute approximate surface area is 110 Å². The van der Waals surface area contributed by atoms with Crippen LogP contribution in [0, 0.1) is 11.2 Å². The average molecular weight is 269 g/mol. The monoisotopic (exact) mass is 269 g/mol. The maximum Gasteiger partial charge on any atom is 0.318 e. The zero-order chi connectivity index (χ0) is 14.0. The summed E-state index contributed by atoms with van der Waals surface area (Å²) in [6.07, 6.45) is 0. The van der Waals surface area contributed by atoms with E-state index in [1.807, 2.05) is 0 Å². The van der Waals surface area contributed by atoms with Gasteiger partial charge in [-0.3, -0.25) is 4.79 Å². The molecule has 0 aromatic heterocycles. The molecule has 2 N–H and O–H groups in total. The average Bonchev–Trinajstić information content (AvgIpc) is 2.36. The minimum Gasteiger partial charge on any atom is -0.496 e. The van der Waals surface area contributed by atoms with Crippen molar-refractivity contribution in [3.8, 4) is 5.75 Å². The second kappa shape index (κ2) is 5.14. The molecule has 1 aliphatic heterocycles. The first-order valence-electron chi connectivity index (χ1n) is 5.80. The smallest absolute Gasteiger partial charge is 0.318 e. The van der Waals surface area contributed by atoms with Gasteiger partial charge in [0.25, 0.3) is 0 Å². The zero-order valence-electron chi connectivity index (χ0n) is 10.8. The Bertz CT molecular complexity index is 488. The number of esters is 1. The van der Waals surface area contributed by atoms with Gasteiger partial charge in [-0.2, -0.15) is 0 Å². The van der Waals surface area contributed by atoms with Crippen LogP contribution in [0.5, 0.6) is 5.75 Å². The maximum atomic E-state index is 13.4. The number of halogens is 1. The van der Waals surface area contributed by atoms with Crippen molar-refractivity contribution < 1.29 is 23.4 Å². The highest BCUT2D eigenvalue weighted by atomic mass is 19.1. The quantitative estimate of drug-likeness (QED) is 0.826. The standard InChI is InChI=1S/C13H16FNO4/c1-17-10-4-3-8(14)5-9(10)11(15)13(6-19-7-13)12(16)18-2/h3-5,11H,6-7,15H2,1-2H3. The Morgan fingerprint density at radius 2 is 2.16 bits per heavy atom. The van der Waals surface area contributed by atoms with E-state index in [1.165, 1.54) is 32.4 Å². The van der Waals surface area contributed by atoms with Crippen molar-refractivity contribution in [1.29, 1.82) is 0 Å². The minimum atomic E-state index is -0.976.